The highest BCUT2D eigenvalue weighted by atomic mass is 16.3. The Labute approximate surface area is 148 Å². The molecule has 1 N–H and O–H groups in total. The zero-order valence-corrected chi connectivity index (χ0v) is 14.5. The molecule has 0 aliphatic carbocycles. The largest absolute Gasteiger partial charge is 0.351 e. The van der Waals surface area contributed by atoms with Crippen molar-refractivity contribution < 1.29 is 4.79 Å². The molecule has 1 saturated heterocycles. The number of nitrogens with zero attached hydrogens (tertiary/aromatic N) is 2. The molecule has 0 radical (unpaired) electrons. The summed E-state index contributed by atoms with van der Waals surface area (Å²) in [5.41, 5.74) is 1.89. The molecule has 1 aliphatic heterocycles. The molecule has 3 atom stereocenters. The Bertz CT molecular complexity index is 718. The van der Waals surface area contributed by atoms with Gasteiger partial charge in [-0.2, -0.15) is 0 Å². The third-order valence-electron chi connectivity index (χ3n) is 4.79. The summed E-state index contributed by atoms with van der Waals surface area (Å²) in [6, 6.07) is 18.5. The average molecular weight is 337 g/mol. The summed E-state index contributed by atoms with van der Waals surface area (Å²) in [6.45, 7) is 4.10. The van der Waals surface area contributed by atoms with Gasteiger partial charge in [0.15, 0.2) is 0 Å². The molecule has 1 amide bonds. The Balaban J connectivity index is 2.11. The summed E-state index contributed by atoms with van der Waals surface area (Å²) in [5, 5.41) is 8.06. The smallest absolute Gasteiger partial charge is 0.222 e. The third kappa shape index (κ3) is 3.55. The first-order chi connectivity index (χ1) is 12.1. The van der Waals surface area contributed by atoms with Crippen molar-refractivity contribution in [2.24, 2.45) is 11.2 Å². The first-order valence-corrected chi connectivity index (χ1v) is 8.62. The van der Waals surface area contributed by atoms with E-state index < -0.39 is 0 Å². The Hall–Kier alpha value is -2.69. The van der Waals surface area contributed by atoms with Gasteiger partial charge in [0, 0.05) is 0 Å². The van der Waals surface area contributed by atoms with E-state index in [0.717, 1.165) is 11.1 Å². The number of carbonyl (C=O) groups is 1. The molecule has 0 aromatic heterocycles. The van der Waals surface area contributed by atoms with Gasteiger partial charge in [0.1, 0.15) is 0 Å². The van der Waals surface area contributed by atoms with Crippen LogP contribution in [0.3, 0.4) is 0 Å². The maximum absolute atomic E-state index is 12.5. The quantitative estimate of drug-likeness (QED) is 0.858. The van der Waals surface area contributed by atoms with Crippen LogP contribution in [0.25, 0.3) is 0 Å². The van der Waals surface area contributed by atoms with Gasteiger partial charge >= 0.3 is 0 Å². The molecular formula is C20H23N3O2. The minimum Gasteiger partial charge on any atom is -0.351 e. The molecule has 2 aromatic carbocycles. The molecule has 0 unspecified atom stereocenters. The van der Waals surface area contributed by atoms with Crippen LogP contribution in [0.2, 0.25) is 0 Å². The number of hydrogen-bond acceptors (Lipinski definition) is 3. The predicted octanol–water partition coefficient (Wildman–Crippen LogP) is 4.00. The summed E-state index contributed by atoms with van der Waals surface area (Å²) < 4.78 is 0. The lowest BCUT2D eigenvalue weighted by molar-refractivity contribution is -0.122. The summed E-state index contributed by atoms with van der Waals surface area (Å²) >= 11 is 0. The molecule has 1 heterocycles. The van der Waals surface area contributed by atoms with Gasteiger partial charge in [0.25, 0.3) is 0 Å². The van der Waals surface area contributed by atoms with Crippen LogP contribution in [0.5, 0.6) is 0 Å². The lowest BCUT2D eigenvalue weighted by Crippen LogP contribution is -2.44. The van der Waals surface area contributed by atoms with E-state index in [-0.39, 0.29) is 36.4 Å². The highest BCUT2D eigenvalue weighted by Gasteiger charge is 2.41. The minimum atomic E-state index is -0.382. The second-order valence-corrected chi connectivity index (χ2v) is 6.79. The second kappa shape index (κ2) is 7.47. The second-order valence-electron chi connectivity index (χ2n) is 6.79. The molecule has 5 heteroatoms. The lowest BCUT2D eigenvalue weighted by Gasteiger charge is -2.36. The van der Waals surface area contributed by atoms with Crippen molar-refractivity contribution in [1.82, 2.24) is 10.3 Å². The van der Waals surface area contributed by atoms with Crippen LogP contribution in [0, 0.1) is 10.8 Å². The molecule has 0 spiro atoms. The Morgan fingerprint density at radius 1 is 1.00 bits per heavy atom. The topological polar surface area (TPSA) is 61.8 Å². The van der Waals surface area contributed by atoms with Crippen molar-refractivity contribution in [3.8, 4) is 0 Å². The van der Waals surface area contributed by atoms with Crippen LogP contribution in [0.4, 0.5) is 0 Å². The number of rotatable bonds is 4. The van der Waals surface area contributed by atoms with Crippen molar-refractivity contribution in [3.05, 3.63) is 76.7 Å². The van der Waals surface area contributed by atoms with Crippen molar-refractivity contribution in [3.63, 3.8) is 0 Å². The van der Waals surface area contributed by atoms with E-state index in [4.69, 9.17) is 0 Å². The lowest BCUT2D eigenvalue weighted by atomic mass is 9.90. The van der Waals surface area contributed by atoms with E-state index in [9.17, 15) is 9.70 Å². The van der Waals surface area contributed by atoms with Crippen LogP contribution in [0.1, 0.15) is 43.5 Å². The Kier molecular flexibility index (Phi) is 5.12. The summed E-state index contributed by atoms with van der Waals surface area (Å²) in [6.07, 6.45) is 0.211. The van der Waals surface area contributed by atoms with Crippen LogP contribution in [0.15, 0.2) is 65.9 Å². The van der Waals surface area contributed by atoms with Gasteiger partial charge in [0.2, 0.25) is 5.91 Å². The van der Waals surface area contributed by atoms with Crippen molar-refractivity contribution in [2.75, 3.05) is 0 Å². The molecule has 3 rings (SSSR count). The van der Waals surface area contributed by atoms with E-state index in [1.807, 2.05) is 74.5 Å². The van der Waals surface area contributed by atoms with Crippen LogP contribution < -0.4 is 5.32 Å². The van der Waals surface area contributed by atoms with Gasteiger partial charge in [-0.05, 0) is 17.0 Å². The molecule has 2 aromatic rings. The Morgan fingerprint density at radius 2 is 1.56 bits per heavy atom. The first-order valence-electron chi connectivity index (χ1n) is 8.62. The van der Waals surface area contributed by atoms with E-state index in [1.165, 1.54) is 0 Å². The van der Waals surface area contributed by atoms with Gasteiger partial charge in [-0.1, -0.05) is 74.5 Å². The SMILES string of the molecule is CC(C)[C@@H]1NC(=O)C[C@@H](c2ccccc2)N(N=O)[C@H]1c1ccccc1. The van der Waals surface area contributed by atoms with Gasteiger partial charge in [-0.25, -0.2) is 5.01 Å². The van der Waals surface area contributed by atoms with Crippen LogP contribution >= 0.6 is 0 Å². The van der Waals surface area contributed by atoms with E-state index in [0.29, 0.717) is 0 Å². The molecule has 1 aliphatic rings. The van der Waals surface area contributed by atoms with E-state index >= 15 is 0 Å². The van der Waals surface area contributed by atoms with Crippen molar-refractivity contribution in [1.29, 1.82) is 0 Å². The van der Waals surface area contributed by atoms with Crippen LogP contribution in [-0.4, -0.2) is 17.0 Å². The number of carbonyl (C=O) groups excluding carboxylic acids is 1. The average Bonchev–Trinajstić information content (AvgIpc) is 2.79. The van der Waals surface area contributed by atoms with Crippen molar-refractivity contribution in [2.45, 2.75) is 38.4 Å². The molecule has 25 heavy (non-hydrogen) atoms. The summed E-state index contributed by atoms with van der Waals surface area (Å²) in [5.74, 6) is 0.104. The number of amides is 1. The normalized spacial score (nSPS) is 23.9. The van der Waals surface area contributed by atoms with Gasteiger partial charge in [-0.15, -0.1) is 4.91 Å². The highest BCUT2D eigenvalue weighted by molar-refractivity contribution is 5.77. The fraction of sp³-hybridized carbons (Fsp3) is 0.350. The number of hydrogen-bond donors (Lipinski definition) is 1. The zero-order chi connectivity index (χ0) is 17.8. The maximum atomic E-state index is 12.5. The first kappa shape index (κ1) is 17.1. The molecule has 0 bridgehead atoms. The highest BCUT2D eigenvalue weighted by Crippen LogP contribution is 2.39. The van der Waals surface area contributed by atoms with E-state index in [2.05, 4.69) is 10.6 Å². The number of nitroso groups, excluding NO2 is 1. The third-order valence-corrected chi connectivity index (χ3v) is 4.79. The number of benzene rings is 2. The standard InChI is InChI=1S/C20H23N3O2/c1-14(2)19-20(16-11-7-4-8-12-16)23(22-25)17(13-18(24)21-19)15-9-5-3-6-10-15/h3-12,14,17,19-20H,13H2,1-2H3,(H,21,24)/t17-,19-,20-/m0/s1. The monoisotopic (exact) mass is 337 g/mol. The molecule has 5 nitrogen and oxygen atoms in total. The van der Waals surface area contributed by atoms with Gasteiger partial charge in [0.05, 0.1) is 29.8 Å². The predicted molar refractivity (Wildman–Crippen MR) is 97.4 cm³/mol. The maximum Gasteiger partial charge on any atom is 0.222 e. The molecule has 0 saturated carbocycles. The molecular weight excluding hydrogens is 314 g/mol. The van der Waals surface area contributed by atoms with Gasteiger partial charge < -0.3 is 5.32 Å². The molecule has 1 fully saturated rings. The Morgan fingerprint density at radius 3 is 2.08 bits per heavy atom. The van der Waals surface area contributed by atoms with Crippen molar-refractivity contribution >= 4 is 5.91 Å². The summed E-state index contributed by atoms with van der Waals surface area (Å²) in [7, 11) is 0. The minimum absolute atomic E-state index is 0.0559. The number of nitrogens with one attached hydrogen (secondary N) is 1. The zero-order valence-electron chi connectivity index (χ0n) is 14.5. The fourth-order valence-corrected chi connectivity index (χ4v) is 3.55. The fourth-order valence-electron chi connectivity index (χ4n) is 3.55. The summed E-state index contributed by atoms with van der Waals surface area (Å²) in [4.78, 5) is 24.4. The van der Waals surface area contributed by atoms with Crippen LogP contribution in [-0.2, 0) is 4.79 Å². The molecule has 130 valence electrons. The van der Waals surface area contributed by atoms with E-state index in [1.54, 1.807) is 5.01 Å². The van der Waals surface area contributed by atoms with Gasteiger partial charge in [-0.3, -0.25) is 4.79 Å².